The average Bonchev–Trinajstić information content (AvgIpc) is 2.42. The molecule has 1 aromatic carbocycles. The third kappa shape index (κ3) is 5.12. The van der Waals surface area contributed by atoms with Crippen LogP contribution in [0.2, 0.25) is 0 Å². The van der Waals surface area contributed by atoms with Crippen molar-refractivity contribution in [1.29, 1.82) is 0 Å². The standard InChI is InChI=1S/C16H25NO4/c1-4-12(9-18)17-14(8-15(19)20)16(21)13-6-5-10(2)7-11(13)3/h5-7,12,14,16-18,21H,4,8-9H2,1-3H3,(H,19,20). The van der Waals surface area contributed by atoms with Gasteiger partial charge in [0.15, 0.2) is 0 Å². The van der Waals surface area contributed by atoms with Crippen molar-refractivity contribution in [2.24, 2.45) is 0 Å². The van der Waals surface area contributed by atoms with Crippen molar-refractivity contribution in [3.05, 3.63) is 34.9 Å². The summed E-state index contributed by atoms with van der Waals surface area (Å²) >= 11 is 0. The summed E-state index contributed by atoms with van der Waals surface area (Å²) in [5.74, 6) is -0.982. The van der Waals surface area contributed by atoms with E-state index in [9.17, 15) is 15.0 Å². The van der Waals surface area contributed by atoms with Crippen LogP contribution in [0.25, 0.3) is 0 Å². The number of aliphatic hydroxyl groups is 2. The molecular weight excluding hydrogens is 270 g/mol. The van der Waals surface area contributed by atoms with Crippen LogP contribution < -0.4 is 5.32 Å². The second-order valence-electron chi connectivity index (χ2n) is 5.46. The van der Waals surface area contributed by atoms with Gasteiger partial charge in [-0.25, -0.2) is 0 Å². The van der Waals surface area contributed by atoms with E-state index in [4.69, 9.17) is 5.11 Å². The number of aliphatic carboxylic acids is 1. The number of carbonyl (C=O) groups is 1. The summed E-state index contributed by atoms with van der Waals surface area (Å²) in [5.41, 5.74) is 2.73. The lowest BCUT2D eigenvalue weighted by Crippen LogP contribution is -2.44. The van der Waals surface area contributed by atoms with E-state index in [0.29, 0.717) is 12.0 Å². The molecule has 0 heterocycles. The van der Waals surface area contributed by atoms with Crippen LogP contribution in [0.1, 0.15) is 42.6 Å². The van der Waals surface area contributed by atoms with Gasteiger partial charge in [0.05, 0.1) is 19.1 Å². The molecule has 0 amide bonds. The van der Waals surface area contributed by atoms with Gasteiger partial charge in [0, 0.05) is 12.1 Å². The fourth-order valence-electron chi connectivity index (χ4n) is 2.43. The smallest absolute Gasteiger partial charge is 0.305 e. The first-order chi connectivity index (χ1) is 9.88. The number of benzene rings is 1. The first kappa shape index (κ1) is 17.6. The third-order valence-electron chi connectivity index (χ3n) is 3.68. The number of aliphatic hydroxyl groups excluding tert-OH is 2. The van der Waals surface area contributed by atoms with E-state index in [2.05, 4.69) is 5.32 Å². The maximum Gasteiger partial charge on any atom is 0.305 e. The van der Waals surface area contributed by atoms with Crippen LogP contribution >= 0.6 is 0 Å². The van der Waals surface area contributed by atoms with Gasteiger partial charge in [0.1, 0.15) is 0 Å². The van der Waals surface area contributed by atoms with Crippen molar-refractivity contribution in [3.8, 4) is 0 Å². The summed E-state index contributed by atoms with van der Waals surface area (Å²) in [6.45, 7) is 5.67. The van der Waals surface area contributed by atoms with Gasteiger partial charge in [-0.15, -0.1) is 0 Å². The highest BCUT2D eigenvalue weighted by Gasteiger charge is 2.26. The lowest BCUT2D eigenvalue weighted by molar-refractivity contribution is -0.138. The molecule has 0 spiro atoms. The number of hydrogen-bond acceptors (Lipinski definition) is 4. The molecule has 0 fully saturated rings. The van der Waals surface area contributed by atoms with Crippen LogP contribution in [0, 0.1) is 13.8 Å². The summed E-state index contributed by atoms with van der Waals surface area (Å²) in [6, 6.07) is 4.81. The Morgan fingerprint density at radius 3 is 2.48 bits per heavy atom. The Balaban J connectivity index is 2.97. The number of carboxylic acid groups (broad SMARTS) is 1. The van der Waals surface area contributed by atoms with Gasteiger partial charge >= 0.3 is 5.97 Å². The van der Waals surface area contributed by atoms with Crippen molar-refractivity contribution >= 4 is 5.97 Å². The molecule has 0 aromatic heterocycles. The molecule has 3 unspecified atom stereocenters. The van der Waals surface area contributed by atoms with Crippen LogP contribution in [0.15, 0.2) is 18.2 Å². The fourth-order valence-corrected chi connectivity index (χ4v) is 2.43. The highest BCUT2D eigenvalue weighted by molar-refractivity contribution is 5.67. The second kappa shape index (κ2) is 8.12. The normalized spacial score (nSPS) is 15.5. The van der Waals surface area contributed by atoms with Crippen LogP contribution in [-0.2, 0) is 4.79 Å². The number of rotatable bonds is 8. The largest absolute Gasteiger partial charge is 0.481 e. The minimum Gasteiger partial charge on any atom is -0.481 e. The quantitative estimate of drug-likeness (QED) is 0.584. The highest BCUT2D eigenvalue weighted by Crippen LogP contribution is 2.24. The summed E-state index contributed by atoms with van der Waals surface area (Å²) < 4.78 is 0. The summed E-state index contributed by atoms with van der Waals surface area (Å²) in [6.07, 6.45) is -0.473. The van der Waals surface area contributed by atoms with E-state index in [0.717, 1.165) is 11.1 Å². The molecule has 3 atom stereocenters. The maximum absolute atomic E-state index is 11.0. The van der Waals surface area contributed by atoms with Crippen LogP contribution in [0.3, 0.4) is 0 Å². The number of aryl methyl sites for hydroxylation is 2. The Morgan fingerprint density at radius 2 is 2.00 bits per heavy atom. The topological polar surface area (TPSA) is 89.8 Å². The summed E-state index contributed by atoms with van der Waals surface area (Å²) in [4.78, 5) is 11.0. The molecule has 0 bridgehead atoms. The van der Waals surface area contributed by atoms with Crippen molar-refractivity contribution in [2.45, 2.75) is 51.8 Å². The molecule has 21 heavy (non-hydrogen) atoms. The van der Waals surface area contributed by atoms with Gasteiger partial charge in [-0.05, 0) is 31.4 Å². The molecule has 0 aliphatic carbocycles. The molecule has 1 aromatic rings. The Labute approximate surface area is 125 Å². The zero-order valence-corrected chi connectivity index (χ0v) is 12.8. The number of nitrogens with one attached hydrogen (secondary N) is 1. The lowest BCUT2D eigenvalue weighted by atomic mass is 9.94. The first-order valence-electron chi connectivity index (χ1n) is 7.22. The van der Waals surface area contributed by atoms with E-state index in [-0.39, 0.29) is 19.1 Å². The predicted molar refractivity (Wildman–Crippen MR) is 81.2 cm³/mol. The Bertz CT molecular complexity index is 471. The molecule has 4 N–H and O–H groups in total. The molecular formula is C16H25NO4. The van der Waals surface area contributed by atoms with Gasteiger partial charge in [-0.2, -0.15) is 0 Å². The number of hydrogen-bond donors (Lipinski definition) is 4. The van der Waals surface area contributed by atoms with Gasteiger partial charge < -0.3 is 20.6 Å². The van der Waals surface area contributed by atoms with E-state index < -0.39 is 18.1 Å². The monoisotopic (exact) mass is 295 g/mol. The van der Waals surface area contributed by atoms with E-state index >= 15 is 0 Å². The van der Waals surface area contributed by atoms with Crippen molar-refractivity contribution in [1.82, 2.24) is 5.32 Å². The summed E-state index contributed by atoms with van der Waals surface area (Å²) in [7, 11) is 0. The molecule has 5 nitrogen and oxygen atoms in total. The predicted octanol–water partition coefficient (Wildman–Crippen LogP) is 1.54. The minimum atomic E-state index is -0.982. The molecule has 0 aliphatic heterocycles. The highest BCUT2D eigenvalue weighted by atomic mass is 16.4. The molecule has 5 heteroatoms. The van der Waals surface area contributed by atoms with Gasteiger partial charge in [0.2, 0.25) is 0 Å². The van der Waals surface area contributed by atoms with Crippen LogP contribution in [0.4, 0.5) is 0 Å². The fraction of sp³-hybridized carbons (Fsp3) is 0.562. The van der Waals surface area contributed by atoms with Gasteiger partial charge in [0.25, 0.3) is 0 Å². The molecule has 0 saturated heterocycles. The zero-order valence-electron chi connectivity index (χ0n) is 12.8. The maximum atomic E-state index is 11.0. The molecule has 0 radical (unpaired) electrons. The molecule has 0 saturated carbocycles. The Kier molecular flexibility index (Phi) is 6.81. The van der Waals surface area contributed by atoms with E-state index in [1.54, 1.807) is 0 Å². The zero-order chi connectivity index (χ0) is 16.0. The van der Waals surface area contributed by atoms with Crippen molar-refractivity contribution in [3.63, 3.8) is 0 Å². The molecule has 1 rings (SSSR count). The van der Waals surface area contributed by atoms with Crippen molar-refractivity contribution < 1.29 is 20.1 Å². The van der Waals surface area contributed by atoms with Crippen LogP contribution in [-0.4, -0.2) is 40.0 Å². The second-order valence-corrected chi connectivity index (χ2v) is 5.46. The lowest BCUT2D eigenvalue weighted by Gasteiger charge is -2.28. The molecule has 0 aliphatic rings. The number of carboxylic acids is 1. The van der Waals surface area contributed by atoms with Crippen LogP contribution in [0.5, 0.6) is 0 Å². The Morgan fingerprint density at radius 1 is 1.33 bits per heavy atom. The minimum absolute atomic E-state index is 0.0911. The van der Waals surface area contributed by atoms with Crippen molar-refractivity contribution in [2.75, 3.05) is 6.61 Å². The third-order valence-corrected chi connectivity index (χ3v) is 3.68. The van der Waals surface area contributed by atoms with Gasteiger partial charge in [-0.1, -0.05) is 30.7 Å². The average molecular weight is 295 g/mol. The van der Waals surface area contributed by atoms with E-state index in [1.807, 2.05) is 39.0 Å². The van der Waals surface area contributed by atoms with E-state index in [1.165, 1.54) is 0 Å². The summed E-state index contributed by atoms with van der Waals surface area (Å²) in [5, 5.41) is 31.9. The first-order valence-corrected chi connectivity index (χ1v) is 7.22. The Hall–Kier alpha value is -1.43. The SMILES string of the molecule is CCC(CO)NC(CC(=O)O)C(O)c1ccc(C)cc1C. The molecule has 118 valence electrons. The van der Waals surface area contributed by atoms with Gasteiger partial charge in [-0.3, -0.25) is 4.79 Å².